The van der Waals surface area contributed by atoms with Crippen LogP contribution >= 0.6 is 0 Å². The number of piperidine rings is 1. The minimum atomic E-state index is -0.691. The molecule has 0 unspecified atom stereocenters. The van der Waals surface area contributed by atoms with Gasteiger partial charge >= 0.3 is 6.01 Å². The Bertz CT molecular complexity index is 2040. The number of nitrogens with one attached hydrogen (secondary N) is 3. The lowest BCUT2D eigenvalue weighted by atomic mass is 9.63. The van der Waals surface area contributed by atoms with Crippen LogP contribution in [0.1, 0.15) is 82.5 Å². The molecule has 4 amide bonds. The molecule has 13 heteroatoms. The fraction of sp³-hybridized carbons (Fsp3) is 0.350. The van der Waals surface area contributed by atoms with Crippen molar-refractivity contribution < 1.29 is 38.1 Å². The van der Waals surface area contributed by atoms with E-state index < -0.39 is 23.3 Å². The molecule has 1 aliphatic carbocycles. The summed E-state index contributed by atoms with van der Waals surface area (Å²) < 4.78 is 23.2. The number of imide groups is 2. The fourth-order valence-electron chi connectivity index (χ4n) is 7.60. The molecule has 0 bridgehead atoms. The molecule has 3 aliphatic heterocycles. The fourth-order valence-corrected chi connectivity index (χ4v) is 7.60. The summed E-state index contributed by atoms with van der Waals surface area (Å²) in [6, 6.07) is 23.3. The van der Waals surface area contributed by atoms with Gasteiger partial charge in [-0.15, -0.1) is 0 Å². The van der Waals surface area contributed by atoms with E-state index in [1.54, 1.807) is 30.5 Å². The van der Waals surface area contributed by atoms with E-state index in [2.05, 4.69) is 57.1 Å². The molecule has 0 radical (unpaired) electrons. The van der Waals surface area contributed by atoms with Gasteiger partial charge in [0.25, 0.3) is 11.8 Å². The molecule has 4 aromatic rings. The molecule has 3 aromatic carbocycles. The van der Waals surface area contributed by atoms with E-state index in [1.807, 2.05) is 24.3 Å². The van der Waals surface area contributed by atoms with E-state index in [-0.39, 0.29) is 36.4 Å². The van der Waals surface area contributed by atoms with E-state index in [9.17, 15) is 19.2 Å². The standard InChI is InChI=1S/C40H39N5O8/c1-2-31(23-3-8-27(9-4-23)51-20-26-15-16-41-39(42-26)53-30-21-50-22-30)24-5-10-28(11-6-24)52-29-18-40(19-29,34-13-14-35(46)43-38(34)49)45-25-7-12-32-33(17-25)37(48)44-36(32)47/h3-12,15-17,29-31,34,45H,2,13-14,18-22H2,1H3,(H,43,46,49)(H,44,47,48)/t29?,31-,34+,40?/m1/s1. The lowest BCUT2D eigenvalue weighted by molar-refractivity contribution is -0.140. The Morgan fingerprint density at radius 2 is 1.57 bits per heavy atom. The third-order valence-corrected chi connectivity index (χ3v) is 10.5. The van der Waals surface area contributed by atoms with Crippen molar-refractivity contribution in [3.63, 3.8) is 0 Å². The lowest BCUT2D eigenvalue weighted by Gasteiger charge is -2.52. The number of carbonyl (C=O) groups is 4. The molecule has 0 spiro atoms. The van der Waals surface area contributed by atoms with E-state index in [0.29, 0.717) is 61.9 Å². The van der Waals surface area contributed by atoms with Crippen molar-refractivity contribution in [3.8, 4) is 17.5 Å². The Kier molecular flexibility index (Phi) is 9.25. The van der Waals surface area contributed by atoms with Crippen LogP contribution in [0.2, 0.25) is 0 Å². The number of hydrogen-bond acceptors (Lipinski definition) is 11. The second-order valence-electron chi connectivity index (χ2n) is 14.0. The number of aromatic nitrogens is 2. The van der Waals surface area contributed by atoms with Gasteiger partial charge in [-0.05, 0) is 72.5 Å². The predicted octanol–water partition coefficient (Wildman–Crippen LogP) is 4.70. The van der Waals surface area contributed by atoms with E-state index in [1.165, 1.54) is 5.56 Å². The maximum absolute atomic E-state index is 13.0. The van der Waals surface area contributed by atoms with Crippen LogP contribution < -0.4 is 30.2 Å². The SMILES string of the molecule is CC[C@H](c1ccc(OCc2ccnc(OC3COC3)n2)cc1)c1ccc(OC2CC(Nc3ccc4c(c3)C(=O)NC4=O)([C@H]3CCC(=O)NC3=O)C2)cc1. The molecular formula is C40H39N5O8. The van der Waals surface area contributed by atoms with Crippen LogP contribution in [0.15, 0.2) is 79.0 Å². The smallest absolute Gasteiger partial charge is 0.317 e. The molecule has 13 nitrogen and oxygen atoms in total. The monoisotopic (exact) mass is 717 g/mol. The summed E-state index contributed by atoms with van der Waals surface area (Å²) in [5.41, 5.74) is 3.59. The van der Waals surface area contributed by atoms with Crippen LogP contribution in [0, 0.1) is 5.92 Å². The number of ether oxygens (including phenoxy) is 4. The number of anilines is 1. The maximum atomic E-state index is 13.0. The van der Waals surface area contributed by atoms with Crippen molar-refractivity contribution in [2.24, 2.45) is 5.92 Å². The Labute approximate surface area is 305 Å². The molecule has 8 rings (SSSR count). The van der Waals surface area contributed by atoms with Crippen LogP contribution in [0.25, 0.3) is 0 Å². The molecule has 2 saturated heterocycles. The average Bonchev–Trinajstić information content (AvgIpc) is 3.41. The molecule has 4 aliphatic rings. The van der Waals surface area contributed by atoms with Crippen LogP contribution in [-0.4, -0.2) is 64.6 Å². The molecule has 1 aromatic heterocycles. The first-order chi connectivity index (χ1) is 25.7. The Hall–Kier alpha value is -5.82. The number of carbonyl (C=O) groups excluding carboxylic acids is 4. The zero-order valence-electron chi connectivity index (χ0n) is 29.1. The summed E-state index contributed by atoms with van der Waals surface area (Å²) in [4.78, 5) is 58.0. The minimum absolute atomic E-state index is 0.00245. The molecule has 3 N–H and O–H groups in total. The van der Waals surface area contributed by atoms with Crippen molar-refractivity contribution in [3.05, 3.63) is 107 Å². The second-order valence-corrected chi connectivity index (χ2v) is 14.0. The van der Waals surface area contributed by atoms with Gasteiger partial charge in [0.1, 0.15) is 30.3 Å². The number of benzene rings is 3. The Morgan fingerprint density at radius 3 is 2.25 bits per heavy atom. The number of rotatable bonds is 13. The van der Waals surface area contributed by atoms with Gasteiger partial charge in [-0.25, -0.2) is 4.98 Å². The van der Waals surface area contributed by atoms with Gasteiger partial charge in [-0.1, -0.05) is 31.2 Å². The van der Waals surface area contributed by atoms with Crippen molar-refractivity contribution in [1.29, 1.82) is 0 Å². The largest absolute Gasteiger partial charge is 0.490 e. The summed E-state index contributed by atoms with van der Waals surface area (Å²) >= 11 is 0. The summed E-state index contributed by atoms with van der Waals surface area (Å²) in [6.45, 7) is 3.55. The molecule has 1 saturated carbocycles. The first kappa shape index (κ1) is 34.3. The summed E-state index contributed by atoms with van der Waals surface area (Å²) in [5.74, 6) is -0.316. The lowest BCUT2D eigenvalue weighted by Crippen LogP contribution is -2.64. The topological polar surface area (TPSA) is 167 Å². The van der Waals surface area contributed by atoms with Crippen molar-refractivity contribution in [1.82, 2.24) is 20.6 Å². The van der Waals surface area contributed by atoms with Crippen molar-refractivity contribution in [2.45, 2.75) is 69.3 Å². The van der Waals surface area contributed by atoms with Gasteiger partial charge in [0.15, 0.2) is 0 Å². The molecular weight excluding hydrogens is 678 g/mol. The average molecular weight is 718 g/mol. The molecule has 53 heavy (non-hydrogen) atoms. The Balaban J connectivity index is 0.894. The van der Waals surface area contributed by atoms with Crippen LogP contribution in [-0.2, 0) is 20.9 Å². The number of nitrogens with zero attached hydrogens (tertiary/aromatic N) is 2. The predicted molar refractivity (Wildman–Crippen MR) is 191 cm³/mol. The number of hydrogen-bond donors (Lipinski definition) is 3. The maximum Gasteiger partial charge on any atom is 0.317 e. The first-order valence-electron chi connectivity index (χ1n) is 17.9. The minimum Gasteiger partial charge on any atom is -0.490 e. The molecule has 4 heterocycles. The van der Waals surface area contributed by atoms with Crippen molar-refractivity contribution >= 4 is 29.3 Å². The van der Waals surface area contributed by atoms with E-state index in [4.69, 9.17) is 18.9 Å². The van der Waals surface area contributed by atoms with Gasteiger partial charge < -0.3 is 24.3 Å². The third-order valence-electron chi connectivity index (χ3n) is 10.5. The molecule has 272 valence electrons. The van der Waals surface area contributed by atoms with Crippen LogP contribution in [0.3, 0.4) is 0 Å². The normalized spacial score (nSPS) is 22.8. The molecule has 2 atom stereocenters. The summed E-state index contributed by atoms with van der Waals surface area (Å²) in [7, 11) is 0. The second kappa shape index (κ2) is 14.3. The van der Waals surface area contributed by atoms with Gasteiger partial charge in [-0.2, -0.15) is 4.98 Å². The highest BCUT2D eigenvalue weighted by Crippen LogP contribution is 2.46. The summed E-state index contributed by atoms with van der Waals surface area (Å²) in [5, 5.41) is 8.30. The number of amides is 4. The van der Waals surface area contributed by atoms with E-state index >= 15 is 0 Å². The quantitative estimate of drug-likeness (QED) is 0.164. The summed E-state index contributed by atoms with van der Waals surface area (Å²) in [6.07, 6.45) is 4.06. The van der Waals surface area contributed by atoms with E-state index in [0.717, 1.165) is 29.2 Å². The zero-order valence-corrected chi connectivity index (χ0v) is 29.1. The van der Waals surface area contributed by atoms with Crippen LogP contribution in [0.4, 0.5) is 5.69 Å². The molecule has 3 fully saturated rings. The highest BCUT2D eigenvalue weighted by atomic mass is 16.6. The van der Waals surface area contributed by atoms with Gasteiger partial charge in [0.05, 0.1) is 41.5 Å². The highest BCUT2D eigenvalue weighted by Gasteiger charge is 2.54. The van der Waals surface area contributed by atoms with Gasteiger partial charge in [0.2, 0.25) is 11.8 Å². The zero-order chi connectivity index (χ0) is 36.5. The van der Waals surface area contributed by atoms with Gasteiger partial charge in [-0.3, -0.25) is 29.8 Å². The number of fused-ring (bicyclic) bond motifs is 1. The highest BCUT2D eigenvalue weighted by molar-refractivity contribution is 6.21. The van der Waals surface area contributed by atoms with Gasteiger partial charge in [0, 0.05) is 37.1 Å². The first-order valence-corrected chi connectivity index (χ1v) is 17.9. The van der Waals surface area contributed by atoms with Crippen LogP contribution in [0.5, 0.6) is 17.5 Å². The third kappa shape index (κ3) is 7.16. The Morgan fingerprint density at radius 1 is 0.849 bits per heavy atom. The van der Waals surface area contributed by atoms with Crippen molar-refractivity contribution in [2.75, 3.05) is 18.5 Å².